The molecule has 0 bridgehead atoms. The van der Waals surface area contributed by atoms with Crippen molar-refractivity contribution in [2.75, 3.05) is 0 Å². The molecule has 130 valence electrons. The topological polar surface area (TPSA) is 93.2 Å². The van der Waals surface area contributed by atoms with Crippen molar-refractivity contribution in [2.45, 2.75) is 70.1 Å². The van der Waals surface area contributed by atoms with E-state index >= 15 is 0 Å². The zero-order chi connectivity index (χ0) is 17.6. The van der Waals surface area contributed by atoms with E-state index in [-0.39, 0.29) is 5.91 Å². The first kappa shape index (κ1) is 16.7. The van der Waals surface area contributed by atoms with Crippen LogP contribution >= 0.6 is 0 Å². The van der Waals surface area contributed by atoms with Gasteiger partial charge in [0.1, 0.15) is 16.7 Å². The van der Waals surface area contributed by atoms with Gasteiger partial charge in [-0.2, -0.15) is 0 Å². The van der Waals surface area contributed by atoms with Crippen LogP contribution in [0.15, 0.2) is 12.4 Å². The van der Waals surface area contributed by atoms with Crippen LogP contribution in [0, 0.1) is 6.92 Å². The molecule has 7 nitrogen and oxygen atoms in total. The van der Waals surface area contributed by atoms with Crippen LogP contribution in [-0.4, -0.2) is 33.1 Å². The van der Waals surface area contributed by atoms with Crippen molar-refractivity contribution in [1.82, 2.24) is 20.6 Å². The minimum Gasteiger partial charge on any atom is -0.444 e. The lowest BCUT2D eigenvalue weighted by Crippen LogP contribution is -2.52. The van der Waals surface area contributed by atoms with Crippen LogP contribution in [0.2, 0.25) is 0 Å². The standard InChI is InChI=1S/C17H24N4O3/c1-11-9-18-12(19-10-11)16(5-6-16)20-13(22)17(7-8-17)21-14(23)24-15(2,3)4/h9-10H,5-8H2,1-4H3,(H,20,22)(H,21,23). The Hall–Kier alpha value is -2.18. The highest BCUT2D eigenvalue weighted by Gasteiger charge is 2.57. The van der Waals surface area contributed by atoms with Crippen LogP contribution in [0.5, 0.6) is 0 Å². The van der Waals surface area contributed by atoms with E-state index in [2.05, 4.69) is 20.6 Å². The van der Waals surface area contributed by atoms with Gasteiger partial charge in [0.05, 0.1) is 0 Å². The average Bonchev–Trinajstić information content (AvgIpc) is 3.35. The number of carbonyl (C=O) groups is 2. The Balaban J connectivity index is 1.64. The van der Waals surface area contributed by atoms with Crippen LogP contribution in [0.3, 0.4) is 0 Å². The van der Waals surface area contributed by atoms with E-state index in [9.17, 15) is 9.59 Å². The molecule has 0 saturated heterocycles. The molecule has 7 heteroatoms. The molecule has 0 aliphatic heterocycles. The van der Waals surface area contributed by atoms with E-state index in [1.54, 1.807) is 33.2 Å². The van der Waals surface area contributed by atoms with Gasteiger partial charge in [-0.25, -0.2) is 14.8 Å². The Bertz CT molecular complexity index is 655. The van der Waals surface area contributed by atoms with Crippen LogP contribution in [0.1, 0.15) is 57.8 Å². The first-order valence-corrected chi connectivity index (χ1v) is 8.27. The molecule has 1 heterocycles. The summed E-state index contributed by atoms with van der Waals surface area (Å²) in [6, 6.07) is 0. The zero-order valence-electron chi connectivity index (χ0n) is 14.6. The lowest BCUT2D eigenvalue weighted by atomic mass is 10.1. The van der Waals surface area contributed by atoms with Gasteiger partial charge in [0, 0.05) is 12.4 Å². The number of hydrogen-bond donors (Lipinski definition) is 2. The molecular formula is C17H24N4O3. The highest BCUT2D eigenvalue weighted by Crippen LogP contribution is 2.46. The number of carbonyl (C=O) groups excluding carboxylic acids is 2. The molecule has 2 N–H and O–H groups in total. The number of nitrogens with zero attached hydrogens (tertiary/aromatic N) is 2. The molecule has 0 radical (unpaired) electrons. The number of ether oxygens (including phenoxy) is 1. The molecule has 0 spiro atoms. The maximum atomic E-state index is 12.7. The summed E-state index contributed by atoms with van der Waals surface area (Å²) in [6.07, 6.45) is 5.79. The lowest BCUT2D eigenvalue weighted by molar-refractivity contribution is -0.125. The highest BCUT2D eigenvalue weighted by molar-refractivity contribution is 5.93. The smallest absolute Gasteiger partial charge is 0.408 e. The van der Waals surface area contributed by atoms with Crippen molar-refractivity contribution < 1.29 is 14.3 Å². The first-order valence-electron chi connectivity index (χ1n) is 8.27. The average molecular weight is 332 g/mol. The second-order valence-corrected chi connectivity index (χ2v) is 7.83. The summed E-state index contributed by atoms with van der Waals surface area (Å²) < 4.78 is 5.25. The number of hydrogen-bond acceptors (Lipinski definition) is 5. The first-order chi connectivity index (χ1) is 11.1. The van der Waals surface area contributed by atoms with Gasteiger partial charge in [-0.15, -0.1) is 0 Å². The second kappa shape index (κ2) is 5.43. The van der Waals surface area contributed by atoms with Crippen LogP contribution < -0.4 is 10.6 Å². The molecule has 0 atom stereocenters. The Morgan fingerprint density at radius 1 is 1.08 bits per heavy atom. The summed E-state index contributed by atoms with van der Waals surface area (Å²) >= 11 is 0. The molecule has 0 unspecified atom stereocenters. The van der Waals surface area contributed by atoms with E-state index in [1.165, 1.54) is 0 Å². The van der Waals surface area contributed by atoms with E-state index in [4.69, 9.17) is 4.74 Å². The fraction of sp³-hybridized carbons (Fsp3) is 0.647. The molecule has 2 fully saturated rings. The molecule has 2 aliphatic carbocycles. The molecule has 2 aliphatic rings. The minimum atomic E-state index is -0.859. The predicted molar refractivity (Wildman–Crippen MR) is 87.2 cm³/mol. The Labute approximate surface area is 141 Å². The number of aryl methyl sites for hydroxylation is 1. The van der Waals surface area contributed by atoms with Crippen molar-refractivity contribution in [3.05, 3.63) is 23.8 Å². The number of nitrogens with one attached hydrogen (secondary N) is 2. The van der Waals surface area contributed by atoms with Crippen molar-refractivity contribution in [3.8, 4) is 0 Å². The number of rotatable bonds is 4. The zero-order valence-corrected chi connectivity index (χ0v) is 14.6. The Morgan fingerprint density at radius 2 is 1.67 bits per heavy atom. The fourth-order valence-electron chi connectivity index (χ4n) is 2.54. The predicted octanol–water partition coefficient (Wildman–Crippen LogP) is 1.95. The highest BCUT2D eigenvalue weighted by atomic mass is 16.6. The monoisotopic (exact) mass is 332 g/mol. The van der Waals surface area contributed by atoms with E-state index in [0.29, 0.717) is 18.7 Å². The van der Waals surface area contributed by atoms with Gasteiger partial charge in [0.15, 0.2) is 5.82 Å². The SMILES string of the molecule is Cc1cnc(C2(NC(=O)C3(NC(=O)OC(C)(C)C)CC3)CC2)nc1. The summed E-state index contributed by atoms with van der Waals surface area (Å²) in [4.78, 5) is 33.3. The fourth-order valence-corrected chi connectivity index (χ4v) is 2.54. The molecule has 24 heavy (non-hydrogen) atoms. The van der Waals surface area contributed by atoms with Crippen LogP contribution in [0.4, 0.5) is 4.79 Å². The summed E-state index contributed by atoms with van der Waals surface area (Å²) in [6.45, 7) is 7.30. The molecular weight excluding hydrogens is 308 g/mol. The number of amides is 2. The third kappa shape index (κ3) is 3.49. The third-order valence-corrected chi connectivity index (χ3v) is 4.24. The van der Waals surface area contributed by atoms with E-state index in [0.717, 1.165) is 18.4 Å². The quantitative estimate of drug-likeness (QED) is 0.879. The normalized spacial score (nSPS) is 20.0. The summed E-state index contributed by atoms with van der Waals surface area (Å²) in [5.74, 6) is 0.449. The molecule has 1 aromatic rings. The summed E-state index contributed by atoms with van der Waals surface area (Å²) in [7, 11) is 0. The summed E-state index contributed by atoms with van der Waals surface area (Å²) in [5.41, 5.74) is -0.964. The lowest BCUT2D eigenvalue weighted by Gasteiger charge is -2.24. The molecule has 1 aromatic heterocycles. The molecule has 2 amide bonds. The van der Waals surface area contributed by atoms with Gasteiger partial charge in [0.25, 0.3) is 0 Å². The Morgan fingerprint density at radius 3 is 2.12 bits per heavy atom. The van der Waals surface area contributed by atoms with Crippen LogP contribution in [-0.2, 0) is 15.1 Å². The van der Waals surface area contributed by atoms with Crippen molar-refractivity contribution in [3.63, 3.8) is 0 Å². The molecule has 2 saturated carbocycles. The molecule has 3 rings (SSSR count). The maximum absolute atomic E-state index is 12.7. The van der Waals surface area contributed by atoms with Gasteiger partial charge in [-0.1, -0.05) is 0 Å². The van der Waals surface area contributed by atoms with Crippen molar-refractivity contribution in [1.29, 1.82) is 0 Å². The van der Waals surface area contributed by atoms with Crippen molar-refractivity contribution in [2.24, 2.45) is 0 Å². The van der Waals surface area contributed by atoms with E-state index in [1.807, 2.05) is 6.92 Å². The maximum Gasteiger partial charge on any atom is 0.408 e. The number of aromatic nitrogens is 2. The van der Waals surface area contributed by atoms with Gasteiger partial charge >= 0.3 is 6.09 Å². The largest absolute Gasteiger partial charge is 0.444 e. The summed E-state index contributed by atoms with van der Waals surface area (Å²) in [5, 5.41) is 5.76. The minimum absolute atomic E-state index is 0.185. The number of alkyl carbamates (subject to hydrolysis) is 1. The van der Waals surface area contributed by atoms with Gasteiger partial charge < -0.3 is 15.4 Å². The second-order valence-electron chi connectivity index (χ2n) is 7.83. The third-order valence-electron chi connectivity index (χ3n) is 4.24. The van der Waals surface area contributed by atoms with Crippen LogP contribution in [0.25, 0.3) is 0 Å². The Kier molecular flexibility index (Phi) is 3.77. The van der Waals surface area contributed by atoms with Gasteiger partial charge in [0.2, 0.25) is 5.91 Å². The van der Waals surface area contributed by atoms with Crippen molar-refractivity contribution >= 4 is 12.0 Å². The van der Waals surface area contributed by atoms with Gasteiger partial charge in [-0.05, 0) is 58.9 Å². The van der Waals surface area contributed by atoms with E-state index < -0.39 is 22.8 Å². The molecule has 0 aromatic carbocycles. The van der Waals surface area contributed by atoms with Gasteiger partial charge in [-0.3, -0.25) is 4.79 Å².